The lowest BCUT2D eigenvalue weighted by atomic mass is 10.1. The van der Waals surface area contributed by atoms with Crippen LogP contribution in [0.4, 0.5) is 0 Å². The van der Waals surface area contributed by atoms with Gasteiger partial charge in [-0.25, -0.2) is 0 Å². The molecule has 104 valence electrons. The molecule has 1 rings (SSSR count). The molecule has 1 aromatic rings. The van der Waals surface area contributed by atoms with Gasteiger partial charge in [-0.15, -0.1) is 0 Å². The summed E-state index contributed by atoms with van der Waals surface area (Å²) in [5, 5.41) is 8.23. The molecule has 0 aliphatic heterocycles. The molecule has 1 aromatic heterocycles. The molecule has 0 aliphatic rings. The summed E-state index contributed by atoms with van der Waals surface area (Å²) in [6.45, 7) is 9.93. The van der Waals surface area contributed by atoms with E-state index in [2.05, 4.69) is 50.0 Å². The molecule has 0 saturated carbocycles. The van der Waals surface area contributed by atoms with Gasteiger partial charge in [0, 0.05) is 12.2 Å². The van der Waals surface area contributed by atoms with Gasteiger partial charge in [0.1, 0.15) is 0 Å². The summed E-state index contributed by atoms with van der Waals surface area (Å²) in [4.78, 5) is 0. The van der Waals surface area contributed by atoms with Crippen LogP contribution in [0.15, 0.2) is 12.3 Å². The zero-order valence-corrected chi connectivity index (χ0v) is 12.4. The zero-order valence-electron chi connectivity index (χ0n) is 12.4. The van der Waals surface area contributed by atoms with Gasteiger partial charge in [0.25, 0.3) is 0 Å². The lowest BCUT2D eigenvalue weighted by Crippen LogP contribution is -2.28. The maximum absolute atomic E-state index is 4.71. The number of hydrogen-bond acceptors (Lipinski definition) is 2. The van der Waals surface area contributed by atoms with Crippen molar-refractivity contribution in [3.8, 4) is 0 Å². The lowest BCUT2D eigenvalue weighted by Gasteiger charge is -2.15. The maximum Gasteiger partial charge on any atom is 0.0625 e. The van der Waals surface area contributed by atoms with Crippen molar-refractivity contribution in [1.29, 1.82) is 0 Å². The second-order valence-electron chi connectivity index (χ2n) is 4.96. The number of aromatic nitrogens is 2. The Hall–Kier alpha value is -0.830. The van der Waals surface area contributed by atoms with Gasteiger partial charge in [-0.2, -0.15) is 5.10 Å². The average Bonchev–Trinajstić information content (AvgIpc) is 2.85. The fourth-order valence-electron chi connectivity index (χ4n) is 2.44. The van der Waals surface area contributed by atoms with Crippen LogP contribution in [0.5, 0.6) is 0 Å². The minimum Gasteiger partial charge on any atom is -0.314 e. The van der Waals surface area contributed by atoms with E-state index in [0.29, 0.717) is 12.1 Å². The van der Waals surface area contributed by atoms with Gasteiger partial charge in [-0.05, 0) is 44.7 Å². The van der Waals surface area contributed by atoms with Crippen LogP contribution in [0.2, 0.25) is 0 Å². The van der Waals surface area contributed by atoms with Crippen molar-refractivity contribution in [3.63, 3.8) is 0 Å². The van der Waals surface area contributed by atoms with E-state index in [4.69, 9.17) is 5.10 Å². The van der Waals surface area contributed by atoms with E-state index in [1.165, 1.54) is 18.5 Å². The maximum atomic E-state index is 4.71. The summed E-state index contributed by atoms with van der Waals surface area (Å²) in [6, 6.07) is 3.37. The fourth-order valence-corrected chi connectivity index (χ4v) is 2.44. The van der Waals surface area contributed by atoms with Crippen LogP contribution in [0.1, 0.15) is 65.1 Å². The highest BCUT2D eigenvalue weighted by Crippen LogP contribution is 2.15. The number of nitrogens with zero attached hydrogens (tertiary/aromatic N) is 2. The van der Waals surface area contributed by atoms with Crippen LogP contribution in [-0.4, -0.2) is 22.4 Å². The van der Waals surface area contributed by atoms with Gasteiger partial charge in [0.05, 0.1) is 11.7 Å². The Morgan fingerprint density at radius 1 is 1.17 bits per heavy atom. The molecule has 0 amide bonds. The minimum atomic E-state index is 0.564. The molecule has 0 radical (unpaired) electrons. The van der Waals surface area contributed by atoms with Crippen molar-refractivity contribution in [3.05, 3.63) is 18.0 Å². The number of aryl methyl sites for hydroxylation is 1. The van der Waals surface area contributed by atoms with E-state index in [9.17, 15) is 0 Å². The first-order valence-electron chi connectivity index (χ1n) is 7.52. The van der Waals surface area contributed by atoms with Crippen molar-refractivity contribution in [2.45, 2.75) is 71.9 Å². The molecule has 0 spiro atoms. The fraction of sp³-hybridized carbons (Fsp3) is 0.800. The highest BCUT2D eigenvalue weighted by Gasteiger charge is 2.09. The molecule has 0 aromatic carbocycles. The van der Waals surface area contributed by atoms with Crippen LogP contribution in [0.3, 0.4) is 0 Å². The predicted octanol–water partition coefficient (Wildman–Crippen LogP) is 3.56. The lowest BCUT2D eigenvalue weighted by molar-refractivity contribution is 0.422. The van der Waals surface area contributed by atoms with Crippen molar-refractivity contribution in [2.24, 2.45) is 0 Å². The van der Waals surface area contributed by atoms with Gasteiger partial charge >= 0.3 is 0 Å². The third-order valence-corrected chi connectivity index (χ3v) is 3.71. The summed E-state index contributed by atoms with van der Waals surface area (Å²) in [6.07, 6.45) is 7.92. The molecule has 0 bridgehead atoms. The molecule has 0 aliphatic carbocycles. The van der Waals surface area contributed by atoms with E-state index in [1.54, 1.807) is 0 Å². The van der Waals surface area contributed by atoms with Crippen LogP contribution in [0, 0.1) is 0 Å². The average molecular weight is 251 g/mol. The van der Waals surface area contributed by atoms with Crippen LogP contribution in [0.25, 0.3) is 0 Å². The number of hydrogen-bond donors (Lipinski definition) is 1. The van der Waals surface area contributed by atoms with Crippen molar-refractivity contribution < 1.29 is 0 Å². The van der Waals surface area contributed by atoms with Gasteiger partial charge in [0.2, 0.25) is 0 Å². The smallest absolute Gasteiger partial charge is 0.0625 e. The largest absolute Gasteiger partial charge is 0.314 e. The van der Waals surface area contributed by atoms with Crippen molar-refractivity contribution >= 4 is 0 Å². The van der Waals surface area contributed by atoms with Gasteiger partial charge < -0.3 is 5.32 Å². The quantitative estimate of drug-likeness (QED) is 0.727. The Balaban J connectivity index is 2.48. The summed E-state index contributed by atoms with van der Waals surface area (Å²) < 4.78 is 2.14. The van der Waals surface area contributed by atoms with E-state index in [0.717, 1.165) is 25.8 Å². The van der Waals surface area contributed by atoms with Crippen molar-refractivity contribution in [1.82, 2.24) is 15.1 Å². The molecule has 3 nitrogen and oxygen atoms in total. The normalized spacial score (nSPS) is 13.2. The molecule has 0 saturated heterocycles. The molecule has 1 atom stereocenters. The van der Waals surface area contributed by atoms with Crippen molar-refractivity contribution in [2.75, 3.05) is 6.54 Å². The number of rotatable bonds is 9. The highest BCUT2D eigenvalue weighted by molar-refractivity contribution is 5.00. The highest BCUT2D eigenvalue weighted by atomic mass is 15.3. The first kappa shape index (κ1) is 15.2. The number of nitrogens with one attached hydrogen (secondary N) is 1. The van der Waals surface area contributed by atoms with Crippen LogP contribution >= 0.6 is 0 Å². The van der Waals surface area contributed by atoms with Gasteiger partial charge in [-0.1, -0.05) is 27.7 Å². The third-order valence-electron chi connectivity index (χ3n) is 3.71. The Labute approximate surface area is 112 Å². The molecule has 1 unspecified atom stereocenters. The molecule has 1 N–H and O–H groups in total. The Bertz CT molecular complexity index is 315. The Morgan fingerprint density at radius 3 is 2.44 bits per heavy atom. The van der Waals surface area contributed by atoms with Gasteiger partial charge in [0.15, 0.2) is 0 Å². The molecular formula is C15H29N3. The first-order chi connectivity index (χ1) is 8.74. The SMILES string of the molecule is CCNC(CC)CCc1ccn(C(CC)CC)n1. The molecule has 1 heterocycles. The summed E-state index contributed by atoms with van der Waals surface area (Å²) in [5.74, 6) is 0. The third kappa shape index (κ3) is 4.45. The monoisotopic (exact) mass is 251 g/mol. The van der Waals surface area contributed by atoms with E-state index < -0.39 is 0 Å². The second-order valence-corrected chi connectivity index (χ2v) is 4.96. The van der Waals surface area contributed by atoms with Crippen LogP contribution < -0.4 is 5.32 Å². The minimum absolute atomic E-state index is 0.564. The van der Waals surface area contributed by atoms with Gasteiger partial charge in [-0.3, -0.25) is 4.68 Å². The van der Waals surface area contributed by atoms with Crippen LogP contribution in [-0.2, 0) is 6.42 Å². The Morgan fingerprint density at radius 2 is 1.89 bits per heavy atom. The summed E-state index contributed by atoms with van der Waals surface area (Å²) >= 11 is 0. The second kappa shape index (κ2) is 8.30. The standard InChI is InChI=1S/C15H29N3/c1-5-13(16-8-4)9-10-14-11-12-18(17-14)15(6-2)7-3/h11-13,15-16H,5-10H2,1-4H3. The molecule has 18 heavy (non-hydrogen) atoms. The molecular weight excluding hydrogens is 222 g/mol. The first-order valence-corrected chi connectivity index (χ1v) is 7.52. The molecule has 3 heteroatoms. The van der Waals surface area contributed by atoms with E-state index in [-0.39, 0.29) is 0 Å². The van der Waals surface area contributed by atoms with E-state index >= 15 is 0 Å². The topological polar surface area (TPSA) is 29.9 Å². The Kier molecular flexibility index (Phi) is 7.02. The zero-order chi connectivity index (χ0) is 13.4. The molecule has 0 fully saturated rings. The summed E-state index contributed by atoms with van der Waals surface area (Å²) in [7, 11) is 0. The van der Waals surface area contributed by atoms with E-state index in [1.807, 2.05) is 0 Å². The predicted molar refractivity (Wildman–Crippen MR) is 77.9 cm³/mol. The summed E-state index contributed by atoms with van der Waals surface area (Å²) in [5.41, 5.74) is 1.23.